The van der Waals surface area contributed by atoms with Crippen molar-refractivity contribution in [2.24, 2.45) is 0 Å². The van der Waals surface area contributed by atoms with Gasteiger partial charge < -0.3 is 19.1 Å². The summed E-state index contributed by atoms with van der Waals surface area (Å²) in [7, 11) is 3.18. The molecule has 0 aliphatic rings. The fraction of sp³-hybridized carbons (Fsp3) is 0.182. The summed E-state index contributed by atoms with van der Waals surface area (Å²) >= 11 is 0. The minimum Gasteiger partial charge on any atom is -0.497 e. The van der Waals surface area contributed by atoms with Gasteiger partial charge in [-0.25, -0.2) is 4.52 Å². The van der Waals surface area contributed by atoms with Crippen LogP contribution in [-0.2, 0) is 6.54 Å². The Morgan fingerprint density at radius 2 is 1.72 bits per heavy atom. The van der Waals surface area contributed by atoms with Crippen LogP contribution in [0.25, 0.3) is 16.8 Å². The average molecular weight is 391 g/mol. The molecule has 7 heteroatoms. The number of methoxy groups -OCH3 is 2. The Morgan fingerprint density at radius 3 is 2.48 bits per heavy atom. The average Bonchev–Trinajstić information content (AvgIpc) is 3.21. The second kappa shape index (κ2) is 7.81. The quantitative estimate of drug-likeness (QED) is 0.547. The van der Waals surface area contributed by atoms with Gasteiger partial charge in [0.25, 0.3) is 5.56 Å². The SMILES string of the molecule is COc1cccc(-c2cc3c(=O)n(C[C@H](O)c4cccc(OC)c4)ccn3n2)c1. The van der Waals surface area contributed by atoms with Gasteiger partial charge in [0.1, 0.15) is 17.0 Å². The van der Waals surface area contributed by atoms with Gasteiger partial charge in [0.2, 0.25) is 0 Å². The van der Waals surface area contributed by atoms with Crippen LogP contribution in [0.15, 0.2) is 71.8 Å². The molecule has 0 unspecified atom stereocenters. The molecular formula is C22H21N3O4. The van der Waals surface area contributed by atoms with E-state index in [9.17, 15) is 9.90 Å². The topological polar surface area (TPSA) is 78.0 Å². The maximum absolute atomic E-state index is 12.9. The van der Waals surface area contributed by atoms with Gasteiger partial charge in [0, 0.05) is 18.0 Å². The molecule has 4 rings (SSSR count). The van der Waals surface area contributed by atoms with Gasteiger partial charge in [-0.05, 0) is 35.9 Å². The summed E-state index contributed by atoms with van der Waals surface area (Å²) in [5.41, 5.74) is 2.42. The molecule has 0 amide bonds. The lowest BCUT2D eigenvalue weighted by Gasteiger charge is -2.14. The molecule has 0 spiro atoms. The van der Waals surface area contributed by atoms with Crippen LogP contribution >= 0.6 is 0 Å². The molecule has 1 N–H and O–H groups in total. The smallest absolute Gasteiger partial charge is 0.276 e. The van der Waals surface area contributed by atoms with Crippen molar-refractivity contribution in [3.8, 4) is 22.8 Å². The number of aromatic nitrogens is 3. The number of hydrogen-bond acceptors (Lipinski definition) is 5. The van der Waals surface area contributed by atoms with Crippen molar-refractivity contribution in [1.82, 2.24) is 14.2 Å². The van der Waals surface area contributed by atoms with E-state index in [1.54, 1.807) is 61.5 Å². The maximum Gasteiger partial charge on any atom is 0.276 e. The monoisotopic (exact) mass is 391 g/mol. The van der Waals surface area contributed by atoms with Gasteiger partial charge in [-0.3, -0.25) is 4.79 Å². The molecule has 7 nitrogen and oxygen atoms in total. The molecule has 4 aromatic rings. The van der Waals surface area contributed by atoms with Gasteiger partial charge in [-0.2, -0.15) is 5.10 Å². The summed E-state index contributed by atoms with van der Waals surface area (Å²) < 4.78 is 13.5. The van der Waals surface area contributed by atoms with Gasteiger partial charge >= 0.3 is 0 Å². The van der Waals surface area contributed by atoms with Crippen LogP contribution in [0.1, 0.15) is 11.7 Å². The predicted molar refractivity (Wildman–Crippen MR) is 109 cm³/mol. The molecule has 0 saturated carbocycles. The Morgan fingerprint density at radius 1 is 1.00 bits per heavy atom. The van der Waals surface area contributed by atoms with Crippen molar-refractivity contribution in [3.63, 3.8) is 0 Å². The second-order valence-corrected chi connectivity index (χ2v) is 6.64. The third kappa shape index (κ3) is 3.72. The number of aliphatic hydroxyl groups excluding tert-OH is 1. The largest absolute Gasteiger partial charge is 0.497 e. The first-order valence-electron chi connectivity index (χ1n) is 9.14. The van der Waals surface area contributed by atoms with E-state index >= 15 is 0 Å². The first kappa shape index (κ1) is 18.8. The summed E-state index contributed by atoms with van der Waals surface area (Å²) in [5.74, 6) is 1.38. The first-order chi connectivity index (χ1) is 14.1. The fourth-order valence-corrected chi connectivity index (χ4v) is 3.23. The summed E-state index contributed by atoms with van der Waals surface area (Å²) in [5, 5.41) is 15.1. The van der Waals surface area contributed by atoms with Crippen LogP contribution in [0, 0.1) is 0 Å². The van der Waals surface area contributed by atoms with Crippen molar-refractivity contribution in [2.45, 2.75) is 12.6 Å². The van der Waals surface area contributed by atoms with E-state index in [0.29, 0.717) is 22.5 Å². The lowest BCUT2D eigenvalue weighted by Crippen LogP contribution is -2.24. The van der Waals surface area contributed by atoms with E-state index in [4.69, 9.17) is 9.47 Å². The fourth-order valence-electron chi connectivity index (χ4n) is 3.23. The van der Waals surface area contributed by atoms with Crippen molar-refractivity contribution < 1.29 is 14.6 Å². The van der Waals surface area contributed by atoms with Crippen LogP contribution < -0.4 is 15.0 Å². The van der Waals surface area contributed by atoms with Crippen LogP contribution in [0.3, 0.4) is 0 Å². The summed E-state index contributed by atoms with van der Waals surface area (Å²) in [6.45, 7) is 0.127. The Kier molecular flexibility index (Phi) is 5.05. The van der Waals surface area contributed by atoms with E-state index in [1.807, 2.05) is 24.3 Å². The van der Waals surface area contributed by atoms with E-state index in [-0.39, 0.29) is 12.1 Å². The summed E-state index contributed by atoms with van der Waals surface area (Å²) in [4.78, 5) is 12.9. The van der Waals surface area contributed by atoms with Crippen LogP contribution in [-0.4, -0.2) is 33.5 Å². The molecule has 2 aromatic heterocycles. The molecule has 0 radical (unpaired) electrons. The van der Waals surface area contributed by atoms with Crippen molar-refractivity contribution in [2.75, 3.05) is 14.2 Å². The van der Waals surface area contributed by atoms with Gasteiger partial charge in [-0.15, -0.1) is 0 Å². The highest BCUT2D eigenvalue weighted by molar-refractivity contribution is 5.66. The number of fused-ring (bicyclic) bond motifs is 1. The van der Waals surface area contributed by atoms with Crippen molar-refractivity contribution in [3.05, 3.63) is 82.9 Å². The van der Waals surface area contributed by atoms with Gasteiger partial charge in [0.15, 0.2) is 0 Å². The minimum atomic E-state index is -0.842. The maximum atomic E-state index is 12.9. The number of nitrogens with zero attached hydrogens (tertiary/aromatic N) is 3. The zero-order valence-electron chi connectivity index (χ0n) is 16.1. The number of hydrogen-bond donors (Lipinski definition) is 1. The third-order valence-electron chi connectivity index (χ3n) is 4.82. The van der Waals surface area contributed by atoms with E-state index in [0.717, 1.165) is 11.3 Å². The summed E-state index contributed by atoms with van der Waals surface area (Å²) in [6.07, 6.45) is 2.49. The number of benzene rings is 2. The number of rotatable bonds is 6. The zero-order chi connectivity index (χ0) is 20.4. The van der Waals surface area contributed by atoms with Crippen molar-refractivity contribution >= 4 is 5.52 Å². The predicted octanol–water partition coefficient (Wildman–Crippen LogP) is 2.91. The van der Waals surface area contributed by atoms with Gasteiger partial charge in [-0.1, -0.05) is 24.3 Å². The Labute approximate surface area is 167 Å². The molecule has 29 heavy (non-hydrogen) atoms. The highest BCUT2D eigenvalue weighted by Crippen LogP contribution is 2.23. The number of ether oxygens (including phenoxy) is 2. The molecule has 2 heterocycles. The standard InChI is InChI=1S/C22H21N3O4/c1-28-17-7-3-5-15(11-17)19-13-20-22(27)24(9-10-25(20)23-19)14-21(26)16-6-4-8-18(12-16)29-2/h3-13,21,26H,14H2,1-2H3/t21-/m0/s1. The van der Waals surface area contributed by atoms with E-state index < -0.39 is 6.10 Å². The molecule has 1 atom stereocenters. The lowest BCUT2D eigenvalue weighted by molar-refractivity contribution is 0.155. The number of aliphatic hydroxyl groups is 1. The second-order valence-electron chi connectivity index (χ2n) is 6.64. The summed E-state index contributed by atoms with van der Waals surface area (Å²) in [6, 6.07) is 16.4. The van der Waals surface area contributed by atoms with Crippen LogP contribution in [0.2, 0.25) is 0 Å². The highest BCUT2D eigenvalue weighted by atomic mass is 16.5. The van der Waals surface area contributed by atoms with Gasteiger partial charge in [0.05, 0.1) is 32.6 Å². The molecule has 0 bridgehead atoms. The molecule has 0 aliphatic carbocycles. The molecule has 0 saturated heterocycles. The van der Waals surface area contributed by atoms with Crippen LogP contribution in [0.4, 0.5) is 0 Å². The molecule has 148 valence electrons. The Hall–Kier alpha value is -3.58. The Balaban J connectivity index is 1.66. The Bertz CT molecular complexity index is 1210. The molecular weight excluding hydrogens is 370 g/mol. The van der Waals surface area contributed by atoms with E-state index in [2.05, 4.69) is 5.10 Å². The minimum absolute atomic E-state index is 0.127. The highest BCUT2D eigenvalue weighted by Gasteiger charge is 2.14. The molecule has 0 fully saturated rings. The first-order valence-corrected chi connectivity index (χ1v) is 9.14. The molecule has 0 aliphatic heterocycles. The third-order valence-corrected chi connectivity index (χ3v) is 4.82. The zero-order valence-corrected chi connectivity index (χ0v) is 16.1. The lowest BCUT2D eigenvalue weighted by atomic mass is 10.1. The van der Waals surface area contributed by atoms with Crippen molar-refractivity contribution in [1.29, 1.82) is 0 Å². The van der Waals surface area contributed by atoms with E-state index in [1.165, 1.54) is 4.57 Å². The van der Waals surface area contributed by atoms with Crippen LogP contribution in [0.5, 0.6) is 11.5 Å². The molecule has 2 aromatic carbocycles. The normalized spacial score (nSPS) is 12.1.